The molecular weight excluding hydrogens is 455 g/mol. The van der Waals surface area contributed by atoms with Gasteiger partial charge >= 0.3 is 6.18 Å². The highest BCUT2D eigenvalue weighted by Gasteiger charge is 2.36. The first-order chi connectivity index (χ1) is 16.6. The molecule has 6 nitrogen and oxygen atoms in total. The molecule has 2 saturated heterocycles. The van der Waals surface area contributed by atoms with E-state index in [1.165, 1.54) is 13.0 Å². The number of nitrogens with zero attached hydrogens (tertiary/aromatic N) is 4. The fourth-order valence-electron chi connectivity index (χ4n) is 5.39. The second kappa shape index (κ2) is 8.70. The van der Waals surface area contributed by atoms with Crippen LogP contribution in [-0.4, -0.2) is 46.7 Å². The molecule has 9 heteroatoms. The van der Waals surface area contributed by atoms with E-state index in [4.69, 9.17) is 0 Å². The summed E-state index contributed by atoms with van der Waals surface area (Å²) in [4.78, 5) is 16.3. The second-order valence-corrected chi connectivity index (χ2v) is 9.47. The molecule has 184 valence electrons. The number of amides is 1. The van der Waals surface area contributed by atoms with Crippen LogP contribution in [0.4, 0.5) is 24.7 Å². The lowest BCUT2D eigenvalue weighted by atomic mass is 9.97. The standard InChI is InChI=1S/C26H28F3N5O/c1-15-20(5-4-6-23(15)26(27,28)29)16(2)30-25-22-13-18(7-9-21(22)17(3)31-32-25)33-11-12-34-19(14-33)8-10-24(34)35/h4-7,9,13,16,19H,8,10-12,14H2,1-3H3,(H,30,32)/t16?,19-/m0/s1. The van der Waals surface area contributed by atoms with E-state index in [1.807, 2.05) is 24.8 Å². The number of alkyl halides is 3. The van der Waals surface area contributed by atoms with Gasteiger partial charge in [-0.05, 0) is 56.5 Å². The highest BCUT2D eigenvalue weighted by atomic mass is 19.4. The lowest BCUT2D eigenvalue weighted by Gasteiger charge is -2.39. The van der Waals surface area contributed by atoms with Crippen molar-refractivity contribution < 1.29 is 18.0 Å². The van der Waals surface area contributed by atoms with Gasteiger partial charge in [0.2, 0.25) is 5.91 Å². The number of fused-ring (bicyclic) bond motifs is 2. The summed E-state index contributed by atoms with van der Waals surface area (Å²) in [5.74, 6) is 0.774. The predicted octanol–water partition coefficient (Wildman–Crippen LogP) is 5.25. The number of aromatic nitrogens is 2. The van der Waals surface area contributed by atoms with Crippen molar-refractivity contribution in [2.24, 2.45) is 0 Å². The second-order valence-electron chi connectivity index (χ2n) is 9.47. The Balaban J connectivity index is 1.46. The summed E-state index contributed by atoms with van der Waals surface area (Å²) in [6.45, 7) is 7.48. The molecule has 2 fully saturated rings. The van der Waals surface area contributed by atoms with Crippen molar-refractivity contribution in [1.29, 1.82) is 0 Å². The molecule has 0 saturated carbocycles. The quantitative estimate of drug-likeness (QED) is 0.549. The number of hydrogen-bond donors (Lipinski definition) is 1. The minimum atomic E-state index is -4.40. The number of carbonyl (C=O) groups excluding carboxylic acids is 1. The zero-order valence-electron chi connectivity index (χ0n) is 20.0. The molecule has 0 radical (unpaired) electrons. The van der Waals surface area contributed by atoms with Crippen molar-refractivity contribution in [2.75, 3.05) is 29.9 Å². The van der Waals surface area contributed by atoms with Crippen LogP contribution < -0.4 is 10.2 Å². The largest absolute Gasteiger partial charge is 0.416 e. The number of benzene rings is 2. The zero-order valence-corrected chi connectivity index (χ0v) is 20.0. The van der Waals surface area contributed by atoms with Gasteiger partial charge in [-0.2, -0.15) is 18.3 Å². The van der Waals surface area contributed by atoms with Crippen molar-refractivity contribution in [1.82, 2.24) is 15.1 Å². The number of nitrogens with one attached hydrogen (secondary N) is 1. The van der Waals surface area contributed by atoms with Crippen LogP contribution in [0, 0.1) is 13.8 Å². The van der Waals surface area contributed by atoms with Crippen LogP contribution in [0.1, 0.15) is 48.2 Å². The normalized spacial score (nSPS) is 19.3. The van der Waals surface area contributed by atoms with E-state index in [0.29, 0.717) is 24.3 Å². The van der Waals surface area contributed by atoms with Gasteiger partial charge in [-0.15, -0.1) is 5.10 Å². The number of hydrogen-bond acceptors (Lipinski definition) is 5. The van der Waals surface area contributed by atoms with Crippen molar-refractivity contribution in [2.45, 2.75) is 51.9 Å². The molecule has 5 rings (SSSR count). The molecule has 1 amide bonds. The summed E-state index contributed by atoms with van der Waals surface area (Å²) >= 11 is 0. The topological polar surface area (TPSA) is 61.4 Å². The molecule has 1 unspecified atom stereocenters. The molecule has 2 atom stereocenters. The Morgan fingerprint density at radius 2 is 1.89 bits per heavy atom. The lowest BCUT2D eigenvalue weighted by Crippen LogP contribution is -2.51. The van der Waals surface area contributed by atoms with Crippen LogP contribution in [0.15, 0.2) is 36.4 Å². The summed E-state index contributed by atoms with van der Waals surface area (Å²) in [6, 6.07) is 10.2. The summed E-state index contributed by atoms with van der Waals surface area (Å²) < 4.78 is 40.3. The minimum absolute atomic E-state index is 0.203. The maximum Gasteiger partial charge on any atom is 0.416 e. The average molecular weight is 484 g/mol. The maximum absolute atomic E-state index is 13.4. The van der Waals surface area contributed by atoms with Gasteiger partial charge in [0.1, 0.15) is 0 Å². The Morgan fingerprint density at radius 3 is 2.66 bits per heavy atom. The number of aryl methyl sites for hydroxylation is 1. The highest BCUT2D eigenvalue weighted by Crippen LogP contribution is 2.36. The summed E-state index contributed by atoms with van der Waals surface area (Å²) in [5.41, 5.74) is 1.96. The summed E-state index contributed by atoms with van der Waals surface area (Å²) in [7, 11) is 0. The molecule has 0 bridgehead atoms. The molecule has 3 aromatic rings. The molecular formula is C26H28F3N5O. The highest BCUT2D eigenvalue weighted by molar-refractivity contribution is 5.95. The van der Waals surface area contributed by atoms with Crippen molar-refractivity contribution >= 4 is 28.2 Å². The Morgan fingerprint density at radius 1 is 1.09 bits per heavy atom. The van der Waals surface area contributed by atoms with E-state index >= 15 is 0 Å². The SMILES string of the molecule is Cc1c(C(C)Nc2nnc(C)c3ccc(N4CCN5C(=O)CC[C@H]5C4)cc23)cccc1C(F)(F)F. The zero-order chi connectivity index (χ0) is 24.9. The third-order valence-corrected chi connectivity index (χ3v) is 7.31. The molecule has 0 spiro atoms. The molecule has 0 aliphatic carbocycles. The first kappa shape index (κ1) is 23.4. The number of halogens is 3. The van der Waals surface area contributed by atoms with Crippen molar-refractivity contribution in [3.05, 3.63) is 58.8 Å². The molecule has 1 N–H and O–H groups in total. The van der Waals surface area contributed by atoms with Crippen molar-refractivity contribution in [3.8, 4) is 0 Å². The predicted molar refractivity (Wildman–Crippen MR) is 129 cm³/mol. The van der Waals surface area contributed by atoms with Crippen molar-refractivity contribution in [3.63, 3.8) is 0 Å². The van der Waals surface area contributed by atoms with Gasteiger partial charge in [-0.25, -0.2) is 0 Å². The number of rotatable bonds is 4. The third kappa shape index (κ3) is 4.28. The number of anilines is 2. The van der Waals surface area contributed by atoms with Crippen LogP contribution >= 0.6 is 0 Å². The first-order valence-corrected chi connectivity index (χ1v) is 11.9. The van der Waals surface area contributed by atoms with Crippen LogP contribution in [0.25, 0.3) is 10.8 Å². The Bertz CT molecular complexity index is 1290. The third-order valence-electron chi connectivity index (χ3n) is 7.31. The first-order valence-electron chi connectivity index (χ1n) is 11.9. The van der Waals surface area contributed by atoms with Crippen LogP contribution in [0.2, 0.25) is 0 Å². The molecule has 2 aliphatic rings. The Kier molecular flexibility index (Phi) is 5.81. The molecule has 3 heterocycles. The maximum atomic E-state index is 13.4. The van der Waals surface area contributed by atoms with E-state index in [2.05, 4.69) is 32.5 Å². The fraction of sp³-hybridized carbons (Fsp3) is 0.423. The fourth-order valence-corrected chi connectivity index (χ4v) is 5.39. The van der Waals surface area contributed by atoms with E-state index in [0.717, 1.165) is 47.7 Å². The van der Waals surface area contributed by atoms with E-state index in [-0.39, 0.29) is 17.5 Å². The molecule has 2 aromatic carbocycles. The van der Waals surface area contributed by atoms with Gasteiger partial charge in [-0.3, -0.25) is 4.79 Å². The van der Waals surface area contributed by atoms with Crippen LogP contribution in [-0.2, 0) is 11.0 Å². The summed E-state index contributed by atoms with van der Waals surface area (Å²) in [6.07, 6.45) is -2.90. The van der Waals surface area contributed by atoms with Crippen LogP contribution in [0.3, 0.4) is 0 Å². The van der Waals surface area contributed by atoms with Gasteiger partial charge < -0.3 is 15.1 Å². The Hall–Kier alpha value is -3.36. The van der Waals surface area contributed by atoms with Gasteiger partial charge in [0.15, 0.2) is 5.82 Å². The van der Waals surface area contributed by atoms with E-state index in [1.54, 1.807) is 6.07 Å². The lowest BCUT2D eigenvalue weighted by molar-refractivity contribution is -0.138. The average Bonchev–Trinajstić information content (AvgIpc) is 3.20. The van der Waals surface area contributed by atoms with Gasteiger partial charge in [0.25, 0.3) is 0 Å². The van der Waals surface area contributed by atoms with E-state index in [9.17, 15) is 18.0 Å². The minimum Gasteiger partial charge on any atom is -0.368 e. The molecule has 2 aliphatic heterocycles. The smallest absolute Gasteiger partial charge is 0.368 e. The molecule has 35 heavy (non-hydrogen) atoms. The van der Waals surface area contributed by atoms with Gasteiger partial charge in [0, 0.05) is 48.6 Å². The number of piperazine rings is 1. The Labute approximate surface area is 202 Å². The molecule has 1 aromatic heterocycles. The monoisotopic (exact) mass is 483 g/mol. The van der Waals surface area contributed by atoms with Gasteiger partial charge in [-0.1, -0.05) is 18.2 Å². The summed E-state index contributed by atoms with van der Waals surface area (Å²) in [5, 5.41) is 13.8. The van der Waals surface area contributed by atoms with Crippen LogP contribution in [0.5, 0.6) is 0 Å². The van der Waals surface area contributed by atoms with E-state index < -0.39 is 17.8 Å². The number of carbonyl (C=O) groups is 1. The van der Waals surface area contributed by atoms with Gasteiger partial charge in [0.05, 0.1) is 17.3 Å².